The molecule has 2 rings (SSSR count). The van der Waals surface area contributed by atoms with Crippen LogP contribution in [0, 0.1) is 5.92 Å². The molecule has 7 nitrogen and oxygen atoms in total. The first-order valence-electron chi connectivity index (χ1n) is 9.23. The molecule has 150 valence electrons. The van der Waals surface area contributed by atoms with E-state index in [1.54, 1.807) is 14.2 Å². The van der Waals surface area contributed by atoms with E-state index < -0.39 is 0 Å². The van der Waals surface area contributed by atoms with E-state index in [2.05, 4.69) is 39.5 Å². The highest BCUT2D eigenvalue weighted by Crippen LogP contribution is 2.16. The van der Waals surface area contributed by atoms with Gasteiger partial charge in [0.15, 0.2) is 11.7 Å². The Bertz CT molecular complexity index is 527. The third kappa shape index (κ3) is 7.79. The second-order valence-corrected chi connectivity index (χ2v) is 6.96. The van der Waals surface area contributed by atoms with Gasteiger partial charge in [-0.25, -0.2) is 0 Å². The van der Waals surface area contributed by atoms with Crippen molar-refractivity contribution in [3.63, 3.8) is 0 Å². The summed E-state index contributed by atoms with van der Waals surface area (Å²) >= 11 is 0. The molecule has 2 heterocycles. The third-order valence-corrected chi connectivity index (χ3v) is 4.70. The van der Waals surface area contributed by atoms with Crippen LogP contribution in [-0.4, -0.2) is 63.0 Å². The van der Waals surface area contributed by atoms with Gasteiger partial charge in [-0.2, -0.15) is 0 Å². The second kappa shape index (κ2) is 12.5. The molecule has 0 spiro atoms. The molecule has 1 aromatic heterocycles. The van der Waals surface area contributed by atoms with E-state index in [4.69, 9.17) is 9.26 Å². The molecule has 0 unspecified atom stereocenters. The number of piperidine rings is 1. The van der Waals surface area contributed by atoms with E-state index in [9.17, 15) is 0 Å². The zero-order chi connectivity index (χ0) is 18.1. The molecule has 2 N–H and O–H groups in total. The summed E-state index contributed by atoms with van der Waals surface area (Å²) in [5.41, 5.74) is 0.986. The molecule has 26 heavy (non-hydrogen) atoms. The minimum atomic E-state index is 0. The Morgan fingerprint density at radius 1 is 1.38 bits per heavy atom. The maximum atomic E-state index is 5.35. The van der Waals surface area contributed by atoms with Gasteiger partial charge < -0.3 is 24.8 Å². The molecule has 0 radical (unpaired) electrons. The van der Waals surface area contributed by atoms with Crippen molar-refractivity contribution in [1.29, 1.82) is 0 Å². The average Bonchev–Trinajstić information content (AvgIpc) is 3.10. The number of ether oxygens (including phenoxy) is 1. The SMILES string of the molecule is CN=C(NCc1cc(C(C)C)no1)NCC1CCN(CCOC)CC1.I. The first-order valence-corrected chi connectivity index (χ1v) is 9.23. The largest absolute Gasteiger partial charge is 0.383 e. The Hall–Kier alpha value is -0.870. The van der Waals surface area contributed by atoms with E-state index >= 15 is 0 Å². The molecule has 0 aliphatic carbocycles. The van der Waals surface area contributed by atoms with Crippen LogP contribution in [0.15, 0.2) is 15.6 Å². The zero-order valence-electron chi connectivity index (χ0n) is 16.5. The van der Waals surface area contributed by atoms with Crippen molar-refractivity contribution in [2.75, 3.05) is 46.9 Å². The summed E-state index contributed by atoms with van der Waals surface area (Å²) in [6.07, 6.45) is 2.43. The summed E-state index contributed by atoms with van der Waals surface area (Å²) in [6, 6.07) is 2.00. The van der Waals surface area contributed by atoms with E-state index in [0.717, 1.165) is 50.2 Å². The normalized spacial score (nSPS) is 16.6. The van der Waals surface area contributed by atoms with Crippen molar-refractivity contribution < 1.29 is 9.26 Å². The quantitative estimate of drug-likeness (QED) is 0.339. The average molecular weight is 479 g/mol. The van der Waals surface area contributed by atoms with Gasteiger partial charge in [0.05, 0.1) is 18.8 Å². The lowest BCUT2D eigenvalue weighted by atomic mass is 9.97. The van der Waals surface area contributed by atoms with Gasteiger partial charge in [0.25, 0.3) is 0 Å². The van der Waals surface area contributed by atoms with Crippen LogP contribution in [0.2, 0.25) is 0 Å². The van der Waals surface area contributed by atoms with Gasteiger partial charge in [0.1, 0.15) is 0 Å². The number of aliphatic imine (C=N–C) groups is 1. The van der Waals surface area contributed by atoms with Crippen LogP contribution in [0.25, 0.3) is 0 Å². The van der Waals surface area contributed by atoms with Gasteiger partial charge in [0.2, 0.25) is 0 Å². The van der Waals surface area contributed by atoms with Crippen molar-refractivity contribution >= 4 is 29.9 Å². The van der Waals surface area contributed by atoms with Crippen LogP contribution in [-0.2, 0) is 11.3 Å². The summed E-state index contributed by atoms with van der Waals surface area (Å²) in [5, 5.41) is 10.8. The fraction of sp³-hybridized carbons (Fsp3) is 0.778. The van der Waals surface area contributed by atoms with Crippen molar-refractivity contribution in [3.8, 4) is 0 Å². The number of nitrogens with zero attached hydrogens (tertiary/aromatic N) is 3. The van der Waals surface area contributed by atoms with Gasteiger partial charge in [-0.05, 0) is 37.8 Å². The van der Waals surface area contributed by atoms with Crippen molar-refractivity contribution in [2.45, 2.75) is 39.2 Å². The predicted molar refractivity (Wildman–Crippen MR) is 115 cm³/mol. The maximum absolute atomic E-state index is 5.35. The molecule has 1 saturated heterocycles. The minimum absolute atomic E-state index is 0. The lowest BCUT2D eigenvalue weighted by Crippen LogP contribution is -2.43. The van der Waals surface area contributed by atoms with Crippen LogP contribution in [0.1, 0.15) is 44.1 Å². The molecule has 1 aliphatic heterocycles. The van der Waals surface area contributed by atoms with Crippen molar-refractivity contribution in [3.05, 3.63) is 17.5 Å². The number of likely N-dealkylation sites (tertiary alicyclic amines) is 1. The molecular weight excluding hydrogens is 445 g/mol. The molecule has 1 aromatic rings. The molecule has 0 atom stereocenters. The predicted octanol–water partition coefficient (Wildman–Crippen LogP) is 2.44. The van der Waals surface area contributed by atoms with Gasteiger partial charge in [-0.15, -0.1) is 24.0 Å². The van der Waals surface area contributed by atoms with Crippen LogP contribution >= 0.6 is 24.0 Å². The Kier molecular flexibility index (Phi) is 11.1. The van der Waals surface area contributed by atoms with Crippen molar-refractivity contribution in [1.82, 2.24) is 20.7 Å². The van der Waals surface area contributed by atoms with E-state index in [1.165, 1.54) is 12.8 Å². The highest BCUT2D eigenvalue weighted by Gasteiger charge is 2.19. The number of aromatic nitrogens is 1. The van der Waals surface area contributed by atoms with Crippen LogP contribution in [0.3, 0.4) is 0 Å². The van der Waals surface area contributed by atoms with Crippen LogP contribution in [0.5, 0.6) is 0 Å². The number of hydrogen-bond donors (Lipinski definition) is 2. The second-order valence-electron chi connectivity index (χ2n) is 6.96. The van der Waals surface area contributed by atoms with E-state index in [1.807, 2.05) is 6.07 Å². The smallest absolute Gasteiger partial charge is 0.191 e. The molecule has 0 aromatic carbocycles. The molecule has 1 fully saturated rings. The Morgan fingerprint density at radius 3 is 2.69 bits per heavy atom. The van der Waals surface area contributed by atoms with Gasteiger partial charge in [-0.1, -0.05) is 19.0 Å². The first kappa shape index (κ1) is 23.2. The fourth-order valence-corrected chi connectivity index (χ4v) is 2.95. The minimum Gasteiger partial charge on any atom is -0.383 e. The molecule has 8 heteroatoms. The molecule has 0 saturated carbocycles. The molecule has 1 aliphatic rings. The Morgan fingerprint density at radius 2 is 2.12 bits per heavy atom. The number of rotatable bonds is 8. The number of guanidine groups is 1. The number of methoxy groups -OCH3 is 1. The topological polar surface area (TPSA) is 74.9 Å². The monoisotopic (exact) mass is 479 g/mol. The standard InChI is InChI=1S/C18H33N5O2.HI/c1-14(2)17-11-16(25-22-17)13-21-18(19-3)20-12-15-5-7-23(8-6-15)9-10-24-4;/h11,14-15H,5-10,12-13H2,1-4H3,(H2,19,20,21);1H. The zero-order valence-corrected chi connectivity index (χ0v) is 18.8. The maximum Gasteiger partial charge on any atom is 0.191 e. The lowest BCUT2D eigenvalue weighted by molar-refractivity contribution is 0.121. The van der Waals surface area contributed by atoms with Crippen molar-refractivity contribution in [2.24, 2.45) is 10.9 Å². The van der Waals surface area contributed by atoms with E-state index in [0.29, 0.717) is 18.4 Å². The lowest BCUT2D eigenvalue weighted by Gasteiger charge is -2.32. The van der Waals surface area contributed by atoms with Gasteiger partial charge >= 0.3 is 0 Å². The summed E-state index contributed by atoms with van der Waals surface area (Å²) in [7, 11) is 3.56. The highest BCUT2D eigenvalue weighted by atomic mass is 127. The summed E-state index contributed by atoms with van der Waals surface area (Å²) in [5.74, 6) is 2.71. The number of hydrogen-bond acceptors (Lipinski definition) is 5. The van der Waals surface area contributed by atoms with E-state index in [-0.39, 0.29) is 24.0 Å². The Labute approximate surface area is 174 Å². The molecule has 0 bridgehead atoms. The third-order valence-electron chi connectivity index (χ3n) is 4.70. The first-order chi connectivity index (χ1) is 12.1. The summed E-state index contributed by atoms with van der Waals surface area (Å²) in [4.78, 5) is 6.77. The van der Waals surface area contributed by atoms with Crippen LogP contribution in [0.4, 0.5) is 0 Å². The van der Waals surface area contributed by atoms with Crippen LogP contribution < -0.4 is 10.6 Å². The highest BCUT2D eigenvalue weighted by molar-refractivity contribution is 14.0. The molecular formula is C18H34IN5O2. The fourth-order valence-electron chi connectivity index (χ4n) is 2.95. The molecule has 0 amide bonds. The summed E-state index contributed by atoms with van der Waals surface area (Å²) in [6.45, 7) is 9.91. The number of halogens is 1. The number of nitrogens with one attached hydrogen (secondary N) is 2. The Balaban J connectivity index is 0.00000338. The van der Waals surface area contributed by atoms with Gasteiger partial charge in [-0.3, -0.25) is 4.99 Å². The summed E-state index contributed by atoms with van der Waals surface area (Å²) < 4.78 is 10.5. The van der Waals surface area contributed by atoms with Gasteiger partial charge in [0, 0.05) is 33.3 Å².